The molecule has 2 rings (SSSR count). The molecule has 2 aromatic rings. The van der Waals surface area contributed by atoms with Gasteiger partial charge < -0.3 is 10.1 Å². The third-order valence-electron chi connectivity index (χ3n) is 3.39. The Hall–Kier alpha value is -2.16. The van der Waals surface area contributed by atoms with Gasteiger partial charge in [0.25, 0.3) is 0 Å². The molecule has 134 valence electrons. The summed E-state index contributed by atoms with van der Waals surface area (Å²) in [5.41, 5.74) is 0.684. The van der Waals surface area contributed by atoms with Gasteiger partial charge in [0.2, 0.25) is 15.9 Å². The first-order chi connectivity index (χ1) is 11.8. The van der Waals surface area contributed by atoms with Gasteiger partial charge in [-0.05, 0) is 30.3 Å². The molecule has 1 aromatic carbocycles. The molecular weight excluding hydrogens is 366 g/mol. The molecule has 0 fully saturated rings. The lowest BCUT2D eigenvalue weighted by atomic mass is 10.3. The van der Waals surface area contributed by atoms with Crippen LogP contribution in [0.2, 0.25) is 5.02 Å². The van der Waals surface area contributed by atoms with Gasteiger partial charge in [-0.1, -0.05) is 17.7 Å². The van der Waals surface area contributed by atoms with E-state index in [-0.39, 0.29) is 23.0 Å². The van der Waals surface area contributed by atoms with Crippen LogP contribution >= 0.6 is 11.6 Å². The van der Waals surface area contributed by atoms with Gasteiger partial charge in [-0.25, -0.2) is 8.42 Å². The Balaban J connectivity index is 2.02. The van der Waals surface area contributed by atoms with Crippen molar-refractivity contribution in [3.05, 3.63) is 53.3 Å². The van der Waals surface area contributed by atoms with Crippen molar-refractivity contribution in [2.45, 2.75) is 11.4 Å². The molecule has 0 atom stereocenters. The van der Waals surface area contributed by atoms with Crippen molar-refractivity contribution in [3.63, 3.8) is 0 Å². The molecule has 7 nitrogen and oxygen atoms in total. The number of nitrogens with one attached hydrogen (secondary N) is 1. The molecule has 0 bridgehead atoms. The molecule has 9 heteroatoms. The quantitative estimate of drug-likeness (QED) is 0.785. The maximum Gasteiger partial charge on any atom is 0.243 e. The maximum absolute atomic E-state index is 12.5. The number of aromatic nitrogens is 1. The molecule has 1 N–H and O–H groups in total. The first kappa shape index (κ1) is 19.2. The van der Waals surface area contributed by atoms with Crippen molar-refractivity contribution in [3.8, 4) is 5.75 Å². The smallest absolute Gasteiger partial charge is 0.243 e. The van der Waals surface area contributed by atoms with Crippen LogP contribution in [-0.4, -0.2) is 44.3 Å². The highest BCUT2D eigenvalue weighted by Crippen LogP contribution is 2.27. The van der Waals surface area contributed by atoms with Gasteiger partial charge in [0.05, 0.1) is 35.8 Å². The van der Waals surface area contributed by atoms with Crippen molar-refractivity contribution < 1.29 is 17.9 Å². The van der Waals surface area contributed by atoms with Gasteiger partial charge in [-0.15, -0.1) is 0 Å². The molecule has 0 saturated heterocycles. The Kier molecular flexibility index (Phi) is 6.35. The third kappa shape index (κ3) is 4.91. The van der Waals surface area contributed by atoms with Crippen molar-refractivity contribution in [2.75, 3.05) is 20.7 Å². The predicted molar refractivity (Wildman–Crippen MR) is 93.9 cm³/mol. The summed E-state index contributed by atoms with van der Waals surface area (Å²) in [4.78, 5) is 16.0. The third-order valence-corrected chi connectivity index (χ3v) is 5.49. The number of ether oxygens (including phenoxy) is 1. The maximum atomic E-state index is 12.5. The van der Waals surface area contributed by atoms with Crippen molar-refractivity contribution in [1.82, 2.24) is 14.6 Å². The van der Waals surface area contributed by atoms with Crippen LogP contribution in [0.4, 0.5) is 0 Å². The van der Waals surface area contributed by atoms with Crippen molar-refractivity contribution >= 4 is 27.5 Å². The highest BCUT2D eigenvalue weighted by Gasteiger charge is 2.23. The van der Waals surface area contributed by atoms with Crippen LogP contribution in [0.25, 0.3) is 0 Å². The molecule has 1 amide bonds. The Bertz CT molecular complexity index is 844. The van der Waals surface area contributed by atoms with Crippen LogP contribution in [0.15, 0.2) is 47.5 Å². The second-order valence-corrected chi connectivity index (χ2v) is 7.61. The first-order valence-corrected chi connectivity index (χ1v) is 9.13. The van der Waals surface area contributed by atoms with Crippen LogP contribution < -0.4 is 10.1 Å². The molecule has 0 aliphatic rings. The van der Waals surface area contributed by atoms with Gasteiger partial charge in [0.1, 0.15) is 5.75 Å². The van der Waals surface area contributed by atoms with Gasteiger partial charge in [-0.2, -0.15) is 4.31 Å². The number of carbonyl (C=O) groups is 1. The number of pyridine rings is 1. The summed E-state index contributed by atoms with van der Waals surface area (Å²) in [6, 6.07) is 9.47. The van der Waals surface area contributed by atoms with Gasteiger partial charge in [0, 0.05) is 13.2 Å². The molecule has 0 spiro atoms. The summed E-state index contributed by atoms with van der Waals surface area (Å²) in [5.74, 6) is -0.0623. The topological polar surface area (TPSA) is 88.6 Å². The number of hydrogen-bond acceptors (Lipinski definition) is 5. The minimum Gasteiger partial charge on any atom is -0.495 e. The van der Waals surface area contributed by atoms with Gasteiger partial charge in [0.15, 0.2) is 0 Å². The summed E-state index contributed by atoms with van der Waals surface area (Å²) in [7, 11) is -1.08. The molecule has 1 aromatic heterocycles. The monoisotopic (exact) mass is 383 g/mol. The predicted octanol–water partition coefficient (Wildman–Crippen LogP) is 1.68. The highest BCUT2D eigenvalue weighted by molar-refractivity contribution is 7.89. The zero-order chi connectivity index (χ0) is 18.4. The lowest BCUT2D eigenvalue weighted by molar-refractivity contribution is -0.121. The zero-order valence-electron chi connectivity index (χ0n) is 13.8. The number of rotatable bonds is 7. The first-order valence-electron chi connectivity index (χ1n) is 7.31. The van der Waals surface area contributed by atoms with Crippen LogP contribution in [0, 0.1) is 0 Å². The van der Waals surface area contributed by atoms with Gasteiger partial charge >= 0.3 is 0 Å². The van der Waals surface area contributed by atoms with E-state index in [9.17, 15) is 13.2 Å². The second-order valence-electron chi connectivity index (χ2n) is 5.16. The van der Waals surface area contributed by atoms with E-state index in [2.05, 4.69) is 10.3 Å². The Labute approximate surface area is 151 Å². The number of sulfonamides is 1. The molecular formula is C16H18ClN3O4S. The number of carbonyl (C=O) groups excluding carboxylic acids is 1. The summed E-state index contributed by atoms with van der Waals surface area (Å²) >= 11 is 5.97. The van der Waals surface area contributed by atoms with Crippen LogP contribution in [0.5, 0.6) is 5.75 Å². The fraction of sp³-hybridized carbons (Fsp3) is 0.250. The van der Waals surface area contributed by atoms with E-state index in [0.717, 1.165) is 4.31 Å². The number of halogens is 1. The Morgan fingerprint density at radius 3 is 2.68 bits per heavy atom. The van der Waals surface area contributed by atoms with Crippen LogP contribution in [0.3, 0.4) is 0 Å². The molecule has 25 heavy (non-hydrogen) atoms. The van der Waals surface area contributed by atoms with E-state index in [4.69, 9.17) is 16.3 Å². The molecule has 0 radical (unpaired) electrons. The average Bonchev–Trinajstić information content (AvgIpc) is 2.60. The van der Waals surface area contributed by atoms with E-state index >= 15 is 0 Å². The molecule has 0 saturated carbocycles. The number of amides is 1. The van der Waals surface area contributed by atoms with Gasteiger partial charge in [-0.3, -0.25) is 9.78 Å². The zero-order valence-corrected chi connectivity index (χ0v) is 15.3. The van der Waals surface area contributed by atoms with E-state index in [1.807, 2.05) is 0 Å². The van der Waals surface area contributed by atoms with Crippen LogP contribution in [0.1, 0.15) is 5.69 Å². The number of hydrogen-bond donors (Lipinski definition) is 1. The Morgan fingerprint density at radius 1 is 1.32 bits per heavy atom. The highest BCUT2D eigenvalue weighted by atomic mass is 35.5. The number of likely N-dealkylation sites (N-methyl/N-ethyl adjacent to an activating group) is 1. The average molecular weight is 384 g/mol. The van der Waals surface area contributed by atoms with E-state index in [1.165, 1.54) is 32.4 Å². The molecule has 0 aliphatic carbocycles. The standard InChI is InChI=1S/C16H18ClN3O4S/c1-20(11-16(21)19-10-12-5-3-4-8-18-12)25(22,23)13-6-7-15(24-2)14(17)9-13/h3-9H,10-11H2,1-2H3,(H,19,21). The Morgan fingerprint density at radius 2 is 2.08 bits per heavy atom. The SMILES string of the molecule is COc1ccc(S(=O)(=O)N(C)CC(=O)NCc2ccccn2)cc1Cl. The summed E-state index contributed by atoms with van der Waals surface area (Å²) in [5, 5.41) is 2.81. The molecule has 0 unspecified atom stereocenters. The van der Waals surface area contributed by atoms with Crippen LogP contribution in [-0.2, 0) is 21.4 Å². The minimum atomic E-state index is -3.85. The second kappa shape index (κ2) is 8.28. The molecule has 1 heterocycles. The summed E-state index contributed by atoms with van der Waals surface area (Å²) in [6.45, 7) is -0.0965. The fourth-order valence-corrected chi connectivity index (χ4v) is 3.50. The minimum absolute atomic E-state index is 0.0154. The summed E-state index contributed by atoms with van der Waals surface area (Å²) < 4.78 is 31.0. The normalized spacial score (nSPS) is 11.4. The largest absolute Gasteiger partial charge is 0.495 e. The number of benzene rings is 1. The molecule has 0 aliphatic heterocycles. The van der Waals surface area contributed by atoms with E-state index < -0.39 is 15.9 Å². The van der Waals surface area contributed by atoms with Crippen molar-refractivity contribution in [2.24, 2.45) is 0 Å². The number of methoxy groups -OCH3 is 1. The lowest BCUT2D eigenvalue weighted by Crippen LogP contribution is -2.38. The number of nitrogens with zero attached hydrogens (tertiary/aromatic N) is 2. The fourth-order valence-electron chi connectivity index (χ4n) is 2.02. The lowest BCUT2D eigenvalue weighted by Gasteiger charge is -2.17. The summed E-state index contributed by atoms with van der Waals surface area (Å²) in [6.07, 6.45) is 1.62. The van der Waals surface area contributed by atoms with E-state index in [0.29, 0.717) is 11.4 Å². The van der Waals surface area contributed by atoms with E-state index in [1.54, 1.807) is 24.4 Å². The van der Waals surface area contributed by atoms with Crippen molar-refractivity contribution in [1.29, 1.82) is 0 Å².